The average molecular weight is 437 g/mol. The van der Waals surface area contributed by atoms with Crippen LogP contribution in [0.4, 0.5) is 5.69 Å². The number of esters is 1. The maximum Gasteiger partial charge on any atom is 0.324 e. The van der Waals surface area contributed by atoms with Gasteiger partial charge in [-0.3, -0.25) is 9.59 Å². The largest absolute Gasteiger partial charge is 0.454 e. The highest BCUT2D eigenvalue weighted by atomic mass is 35.5. The number of nitrogens with one attached hydrogen (secondary N) is 1. The summed E-state index contributed by atoms with van der Waals surface area (Å²) in [7, 11) is -3.87. The van der Waals surface area contributed by atoms with E-state index in [9.17, 15) is 18.0 Å². The number of nitrogens with zero attached hydrogens (tertiary/aromatic N) is 1. The van der Waals surface area contributed by atoms with E-state index in [2.05, 4.69) is 5.32 Å². The third-order valence-electron chi connectivity index (χ3n) is 4.58. The van der Waals surface area contributed by atoms with Crippen LogP contribution in [-0.4, -0.2) is 43.8 Å². The number of rotatable bonds is 6. The number of carbonyl (C=O) groups excluding carboxylic acids is 2. The minimum Gasteiger partial charge on any atom is -0.454 e. The molecule has 1 N–H and O–H groups in total. The summed E-state index contributed by atoms with van der Waals surface area (Å²) in [6.07, 6.45) is 0.868. The van der Waals surface area contributed by atoms with Gasteiger partial charge in [0.05, 0.1) is 4.90 Å². The van der Waals surface area contributed by atoms with Gasteiger partial charge in [-0.05, 0) is 56.2 Å². The van der Waals surface area contributed by atoms with Crippen LogP contribution >= 0.6 is 11.6 Å². The molecular weight excluding hydrogens is 416 g/mol. The molecule has 0 radical (unpaired) electrons. The van der Waals surface area contributed by atoms with E-state index < -0.39 is 34.5 Å². The van der Waals surface area contributed by atoms with Crippen molar-refractivity contribution in [2.75, 3.05) is 18.5 Å². The highest BCUT2D eigenvalue weighted by Gasteiger charge is 2.40. The molecule has 0 spiro atoms. The Morgan fingerprint density at radius 3 is 2.45 bits per heavy atom. The number of ether oxygens (including phenoxy) is 1. The van der Waals surface area contributed by atoms with Crippen molar-refractivity contribution in [3.63, 3.8) is 0 Å². The molecule has 154 valence electrons. The quantitative estimate of drug-likeness (QED) is 0.702. The molecule has 9 heteroatoms. The summed E-state index contributed by atoms with van der Waals surface area (Å²) in [5.41, 5.74) is 1.64. The molecule has 29 heavy (non-hydrogen) atoms. The number of anilines is 1. The molecule has 1 fully saturated rings. The summed E-state index contributed by atoms with van der Waals surface area (Å²) in [5, 5.41) is 3.04. The molecule has 1 heterocycles. The molecule has 0 unspecified atom stereocenters. The zero-order valence-electron chi connectivity index (χ0n) is 15.8. The normalized spacial score (nSPS) is 17.1. The van der Waals surface area contributed by atoms with Gasteiger partial charge in [0.15, 0.2) is 6.61 Å². The number of carbonyl (C=O) groups is 2. The number of benzene rings is 2. The van der Waals surface area contributed by atoms with E-state index in [0.717, 1.165) is 9.87 Å². The van der Waals surface area contributed by atoms with Crippen molar-refractivity contribution < 1.29 is 22.7 Å². The lowest BCUT2D eigenvalue weighted by molar-refractivity contribution is -0.150. The Kier molecular flexibility index (Phi) is 6.56. The minimum atomic E-state index is -3.87. The molecule has 1 atom stereocenters. The highest BCUT2D eigenvalue weighted by Crippen LogP contribution is 2.27. The molecular formula is C20H21ClN2O5S. The fourth-order valence-electron chi connectivity index (χ4n) is 3.07. The van der Waals surface area contributed by atoms with Gasteiger partial charge in [-0.2, -0.15) is 4.31 Å². The second-order valence-corrected chi connectivity index (χ2v) is 9.08. The molecule has 7 nitrogen and oxygen atoms in total. The number of sulfonamides is 1. The van der Waals surface area contributed by atoms with Gasteiger partial charge >= 0.3 is 5.97 Å². The molecule has 1 amide bonds. The van der Waals surface area contributed by atoms with Gasteiger partial charge in [0, 0.05) is 17.3 Å². The molecule has 0 aliphatic carbocycles. The second-order valence-electron chi connectivity index (χ2n) is 6.75. The van der Waals surface area contributed by atoms with Crippen molar-refractivity contribution >= 4 is 39.2 Å². The van der Waals surface area contributed by atoms with E-state index in [-0.39, 0.29) is 11.4 Å². The molecule has 0 saturated carbocycles. The topological polar surface area (TPSA) is 92.8 Å². The number of aryl methyl sites for hydroxylation is 1. The number of halogens is 1. The first-order chi connectivity index (χ1) is 13.8. The average Bonchev–Trinajstić information content (AvgIpc) is 3.19. The lowest BCUT2D eigenvalue weighted by Gasteiger charge is -2.22. The predicted octanol–water partition coefficient (Wildman–Crippen LogP) is 2.98. The summed E-state index contributed by atoms with van der Waals surface area (Å²) in [6.45, 7) is 1.65. The van der Waals surface area contributed by atoms with E-state index >= 15 is 0 Å². The maximum atomic E-state index is 12.9. The van der Waals surface area contributed by atoms with Crippen LogP contribution in [0.15, 0.2) is 53.4 Å². The third kappa shape index (κ3) is 5.14. The van der Waals surface area contributed by atoms with Crippen molar-refractivity contribution in [2.45, 2.75) is 30.7 Å². The summed E-state index contributed by atoms with van der Waals surface area (Å²) in [6, 6.07) is 12.0. The van der Waals surface area contributed by atoms with Gasteiger partial charge in [0.2, 0.25) is 10.0 Å². The molecule has 0 bridgehead atoms. The van der Waals surface area contributed by atoms with Crippen molar-refractivity contribution in [3.8, 4) is 0 Å². The fourth-order valence-corrected chi connectivity index (χ4v) is 4.84. The number of hydrogen-bond acceptors (Lipinski definition) is 5. The summed E-state index contributed by atoms with van der Waals surface area (Å²) in [4.78, 5) is 24.5. The molecule has 1 saturated heterocycles. The monoisotopic (exact) mass is 436 g/mol. The summed E-state index contributed by atoms with van der Waals surface area (Å²) in [5.74, 6) is -1.23. The minimum absolute atomic E-state index is 0.0544. The number of hydrogen-bond donors (Lipinski definition) is 1. The predicted molar refractivity (Wildman–Crippen MR) is 109 cm³/mol. The Hall–Kier alpha value is -2.42. The Morgan fingerprint density at radius 1 is 1.14 bits per heavy atom. The number of amides is 1. The Morgan fingerprint density at radius 2 is 1.79 bits per heavy atom. The summed E-state index contributed by atoms with van der Waals surface area (Å²) >= 11 is 5.82. The van der Waals surface area contributed by atoms with E-state index in [1.165, 1.54) is 24.3 Å². The van der Waals surface area contributed by atoms with Crippen molar-refractivity contribution in [2.24, 2.45) is 0 Å². The molecule has 0 aromatic heterocycles. The SMILES string of the molecule is Cc1ccc(NC(=O)COC(=O)[C@H]2CCCN2S(=O)(=O)c2ccc(Cl)cc2)cc1. The van der Waals surface area contributed by atoms with E-state index in [1.807, 2.05) is 19.1 Å². The molecule has 1 aliphatic rings. The molecule has 1 aliphatic heterocycles. The van der Waals surface area contributed by atoms with Crippen LogP contribution < -0.4 is 5.32 Å². The zero-order chi connectivity index (χ0) is 21.0. The standard InChI is InChI=1S/C20H21ClN2O5S/c1-14-4-8-16(9-5-14)22-19(24)13-28-20(25)18-3-2-12-23(18)29(26,27)17-10-6-15(21)7-11-17/h4-11,18H,2-3,12-13H2,1H3,(H,22,24)/t18-/m1/s1. The zero-order valence-corrected chi connectivity index (χ0v) is 17.4. The highest BCUT2D eigenvalue weighted by molar-refractivity contribution is 7.89. The fraction of sp³-hybridized carbons (Fsp3) is 0.300. The second kappa shape index (κ2) is 8.94. The first-order valence-electron chi connectivity index (χ1n) is 9.08. The third-order valence-corrected chi connectivity index (χ3v) is 6.75. The first kappa shape index (κ1) is 21.3. The van der Waals surface area contributed by atoms with Crippen LogP contribution in [0.1, 0.15) is 18.4 Å². The van der Waals surface area contributed by atoms with Gasteiger partial charge in [-0.1, -0.05) is 29.3 Å². The van der Waals surface area contributed by atoms with Gasteiger partial charge in [-0.25, -0.2) is 8.42 Å². The Balaban J connectivity index is 1.61. The van der Waals surface area contributed by atoms with Crippen molar-refractivity contribution in [3.05, 3.63) is 59.1 Å². The van der Waals surface area contributed by atoms with Crippen molar-refractivity contribution in [1.29, 1.82) is 0 Å². The van der Waals surface area contributed by atoms with Gasteiger partial charge in [-0.15, -0.1) is 0 Å². The van der Waals surface area contributed by atoms with Gasteiger partial charge in [0.25, 0.3) is 5.91 Å². The lowest BCUT2D eigenvalue weighted by Crippen LogP contribution is -2.42. The lowest BCUT2D eigenvalue weighted by atomic mass is 10.2. The van der Waals surface area contributed by atoms with Crippen LogP contribution in [0.5, 0.6) is 0 Å². The Labute approximate surface area is 174 Å². The molecule has 3 rings (SSSR count). The summed E-state index contributed by atoms with van der Waals surface area (Å²) < 4.78 is 31.9. The molecule has 2 aromatic carbocycles. The van der Waals surface area contributed by atoms with Crippen LogP contribution in [0.2, 0.25) is 5.02 Å². The van der Waals surface area contributed by atoms with Gasteiger partial charge < -0.3 is 10.1 Å². The first-order valence-corrected chi connectivity index (χ1v) is 10.9. The smallest absolute Gasteiger partial charge is 0.324 e. The van der Waals surface area contributed by atoms with Crippen LogP contribution in [0.25, 0.3) is 0 Å². The maximum absolute atomic E-state index is 12.9. The van der Waals surface area contributed by atoms with Crippen LogP contribution in [0.3, 0.4) is 0 Å². The van der Waals surface area contributed by atoms with E-state index in [1.54, 1.807) is 12.1 Å². The van der Waals surface area contributed by atoms with Crippen molar-refractivity contribution in [1.82, 2.24) is 4.31 Å². The van der Waals surface area contributed by atoms with E-state index in [4.69, 9.17) is 16.3 Å². The van der Waals surface area contributed by atoms with E-state index in [0.29, 0.717) is 23.6 Å². The molecule has 2 aromatic rings. The Bertz CT molecular complexity index is 991. The van der Waals surface area contributed by atoms with Crippen LogP contribution in [-0.2, 0) is 24.3 Å². The van der Waals surface area contributed by atoms with Gasteiger partial charge in [0.1, 0.15) is 6.04 Å². The van der Waals surface area contributed by atoms with Crippen LogP contribution in [0, 0.1) is 6.92 Å².